The molecule has 1 aliphatic rings. The van der Waals surface area contributed by atoms with Crippen molar-refractivity contribution in [2.24, 2.45) is 0 Å². The molecule has 0 aromatic heterocycles. The van der Waals surface area contributed by atoms with Crippen molar-refractivity contribution in [3.05, 3.63) is 29.3 Å². The van der Waals surface area contributed by atoms with Crippen LogP contribution in [-0.4, -0.2) is 15.7 Å². The molecule has 0 saturated heterocycles. The van der Waals surface area contributed by atoms with Gasteiger partial charge in [0.1, 0.15) is 5.57 Å². The van der Waals surface area contributed by atoms with Crippen LogP contribution in [0.25, 0.3) is 5.53 Å². The first-order valence-electron chi connectivity index (χ1n) is 2.56. The second-order valence-corrected chi connectivity index (χ2v) is 2.04. The summed E-state index contributed by atoms with van der Waals surface area (Å²) in [7, 11) is 0. The van der Waals surface area contributed by atoms with E-state index in [4.69, 9.17) is 17.1 Å². The van der Waals surface area contributed by atoms with Gasteiger partial charge in [-0.2, -0.15) is 4.79 Å². The molecule has 0 fully saturated rings. The monoisotopic (exact) mass is 154 g/mol. The second kappa shape index (κ2) is 2.60. The van der Waals surface area contributed by atoms with Gasteiger partial charge in [0.2, 0.25) is 0 Å². The van der Waals surface area contributed by atoms with Gasteiger partial charge in [0.05, 0.1) is 0 Å². The van der Waals surface area contributed by atoms with Crippen molar-refractivity contribution >= 4 is 22.6 Å². The Morgan fingerprint density at radius 3 is 2.80 bits per heavy atom. The lowest BCUT2D eigenvalue weighted by Gasteiger charge is -1.82. The lowest BCUT2D eigenvalue weighted by atomic mass is 10.2. The second-order valence-electron chi connectivity index (χ2n) is 1.70. The first kappa shape index (κ1) is 6.93. The van der Waals surface area contributed by atoms with E-state index in [0.717, 1.165) is 0 Å². The summed E-state index contributed by atoms with van der Waals surface area (Å²) >= 11 is 5.12. The maximum absolute atomic E-state index is 10.5. The number of carbonyl (C=O) groups excluding carboxylic acids is 1. The lowest BCUT2D eigenvalue weighted by molar-refractivity contribution is -0.108. The summed E-state index contributed by atoms with van der Waals surface area (Å²) in [6.45, 7) is 0. The van der Waals surface area contributed by atoms with Crippen LogP contribution >= 0.6 is 11.6 Å². The SMILES string of the molecule is [N-]=[N+]=C1C=CC=C1C(=O)Cl. The van der Waals surface area contributed by atoms with E-state index in [0.29, 0.717) is 0 Å². The molecule has 3 nitrogen and oxygen atoms in total. The molecular formula is C6H3ClN2O. The summed E-state index contributed by atoms with van der Waals surface area (Å²) < 4.78 is 0. The van der Waals surface area contributed by atoms with Crippen LogP contribution in [0.2, 0.25) is 0 Å². The van der Waals surface area contributed by atoms with E-state index in [1.807, 2.05) is 0 Å². The smallest absolute Gasteiger partial charge is 0.327 e. The zero-order valence-corrected chi connectivity index (χ0v) is 5.67. The number of nitrogens with zero attached hydrogens (tertiary/aromatic N) is 2. The van der Waals surface area contributed by atoms with Crippen molar-refractivity contribution in [1.29, 1.82) is 0 Å². The molecule has 10 heavy (non-hydrogen) atoms. The summed E-state index contributed by atoms with van der Waals surface area (Å²) in [6, 6.07) is 0. The first-order valence-corrected chi connectivity index (χ1v) is 2.94. The van der Waals surface area contributed by atoms with Gasteiger partial charge in [-0.1, -0.05) is 6.08 Å². The Morgan fingerprint density at radius 1 is 1.70 bits per heavy atom. The van der Waals surface area contributed by atoms with E-state index in [9.17, 15) is 4.79 Å². The van der Waals surface area contributed by atoms with Crippen molar-refractivity contribution in [1.82, 2.24) is 0 Å². The minimum Gasteiger partial charge on any atom is -0.361 e. The fraction of sp³-hybridized carbons (Fsp3) is 0. The van der Waals surface area contributed by atoms with Gasteiger partial charge in [0, 0.05) is 6.08 Å². The third kappa shape index (κ3) is 1.05. The predicted octanol–water partition coefficient (Wildman–Crippen LogP) is 0.919. The molecule has 0 aromatic carbocycles. The summed E-state index contributed by atoms with van der Waals surface area (Å²) in [5.41, 5.74) is 8.70. The van der Waals surface area contributed by atoms with Crippen molar-refractivity contribution in [3.8, 4) is 0 Å². The van der Waals surface area contributed by atoms with Gasteiger partial charge in [0.15, 0.2) is 0 Å². The van der Waals surface area contributed by atoms with Crippen LogP contribution in [0.1, 0.15) is 0 Å². The highest BCUT2D eigenvalue weighted by Gasteiger charge is 2.20. The maximum atomic E-state index is 10.5. The van der Waals surface area contributed by atoms with Crippen LogP contribution in [0.3, 0.4) is 0 Å². The molecule has 1 rings (SSSR count). The lowest BCUT2D eigenvalue weighted by Crippen LogP contribution is -2.03. The van der Waals surface area contributed by atoms with Crippen LogP contribution in [0, 0.1) is 0 Å². The van der Waals surface area contributed by atoms with E-state index in [1.54, 1.807) is 6.08 Å². The molecule has 0 radical (unpaired) electrons. The number of hydrogen-bond acceptors (Lipinski definition) is 1. The molecule has 1 aliphatic carbocycles. The summed E-state index contributed by atoms with van der Waals surface area (Å²) in [5.74, 6) is 0. The third-order valence-electron chi connectivity index (χ3n) is 1.11. The fourth-order valence-electron chi connectivity index (χ4n) is 0.664. The number of allylic oxidation sites excluding steroid dienone is 4. The van der Waals surface area contributed by atoms with Crippen LogP contribution < -0.4 is 0 Å². The molecule has 0 unspecified atom stereocenters. The molecule has 0 N–H and O–H groups in total. The van der Waals surface area contributed by atoms with Gasteiger partial charge in [-0.05, 0) is 17.7 Å². The normalized spacial score (nSPS) is 14.9. The van der Waals surface area contributed by atoms with Crippen molar-refractivity contribution in [2.45, 2.75) is 0 Å². The maximum Gasteiger partial charge on any atom is 0.327 e. The average Bonchev–Trinajstić information content (AvgIpc) is 2.33. The number of rotatable bonds is 1. The molecule has 0 aromatic rings. The standard InChI is InChI=1S/C6H3ClN2O/c7-6(10)4-2-1-3-5(4)9-8/h1-3H. The van der Waals surface area contributed by atoms with Gasteiger partial charge < -0.3 is 5.53 Å². The first-order chi connectivity index (χ1) is 4.75. The van der Waals surface area contributed by atoms with Crippen LogP contribution in [-0.2, 0) is 4.79 Å². The molecule has 50 valence electrons. The Hall–Kier alpha value is -1.18. The zero-order valence-electron chi connectivity index (χ0n) is 4.91. The Labute approximate surface area is 62.2 Å². The molecule has 0 atom stereocenters. The summed E-state index contributed by atoms with van der Waals surface area (Å²) in [6.07, 6.45) is 4.57. The largest absolute Gasteiger partial charge is 0.361 e. The van der Waals surface area contributed by atoms with E-state index < -0.39 is 5.24 Å². The van der Waals surface area contributed by atoms with Crippen LogP contribution in [0.15, 0.2) is 23.8 Å². The highest BCUT2D eigenvalue weighted by molar-refractivity contribution is 6.71. The summed E-state index contributed by atoms with van der Waals surface area (Å²) in [4.78, 5) is 13.3. The Kier molecular flexibility index (Phi) is 1.81. The zero-order chi connectivity index (χ0) is 7.56. The van der Waals surface area contributed by atoms with Gasteiger partial charge in [-0.25, -0.2) is 0 Å². The number of carbonyl (C=O) groups is 1. The molecule has 0 amide bonds. The molecule has 0 heterocycles. The van der Waals surface area contributed by atoms with E-state index in [-0.39, 0.29) is 11.3 Å². The fourth-order valence-corrected chi connectivity index (χ4v) is 0.824. The molecular weight excluding hydrogens is 152 g/mol. The van der Waals surface area contributed by atoms with E-state index in [2.05, 4.69) is 4.79 Å². The molecule has 0 aliphatic heterocycles. The number of halogens is 1. The summed E-state index contributed by atoms with van der Waals surface area (Å²) in [5, 5.41) is -0.613. The van der Waals surface area contributed by atoms with Crippen molar-refractivity contribution in [3.63, 3.8) is 0 Å². The molecule has 0 saturated carbocycles. The Balaban J connectivity index is 3.04. The third-order valence-corrected chi connectivity index (χ3v) is 1.32. The molecule has 4 heteroatoms. The van der Waals surface area contributed by atoms with Gasteiger partial charge >= 0.3 is 5.71 Å². The average molecular weight is 155 g/mol. The van der Waals surface area contributed by atoms with E-state index in [1.165, 1.54) is 12.2 Å². The highest BCUT2D eigenvalue weighted by atomic mass is 35.5. The minimum absolute atomic E-state index is 0.208. The predicted molar refractivity (Wildman–Crippen MR) is 36.7 cm³/mol. The van der Waals surface area contributed by atoms with Crippen LogP contribution in [0.4, 0.5) is 0 Å². The quantitative estimate of drug-likeness (QED) is 0.315. The van der Waals surface area contributed by atoms with Gasteiger partial charge in [0.25, 0.3) is 5.24 Å². The van der Waals surface area contributed by atoms with E-state index >= 15 is 0 Å². The van der Waals surface area contributed by atoms with Crippen molar-refractivity contribution < 1.29 is 9.58 Å². The highest BCUT2D eigenvalue weighted by Crippen LogP contribution is 2.08. The molecule has 0 bridgehead atoms. The minimum atomic E-state index is -0.613. The van der Waals surface area contributed by atoms with Crippen molar-refractivity contribution in [2.75, 3.05) is 0 Å². The number of hydrogen-bond donors (Lipinski definition) is 0. The Bertz CT molecular complexity index is 284. The van der Waals surface area contributed by atoms with Crippen LogP contribution in [0.5, 0.6) is 0 Å². The van der Waals surface area contributed by atoms with Gasteiger partial charge in [-0.3, -0.25) is 4.79 Å². The topological polar surface area (TPSA) is 53.5 Å². The van der Waals surface area contributed by atoms with Gasteiger partial charge in [-0.15, -0.1) is 0 Å². The Morgan fingerprint density at radius 2 is 2.40 bits per heavy atom. The molecule has 0 spiro atoms.